The maximum atomic E-state index is 14.2. The van der Waals surface area contributed by atoms with Gasteiger partial charge in [0.05, 0.1) is 53.8 Å². The Kier molecular flexibility index (Phi) is 20.5. The summed E-state index contributed by atoms with van der Waals surface area (Å²) in [6.45, 7) is 6.79. The van der Waals surface area contributed by atoms with Crippen molar-refractivity contribution in [1.29, 1.82) is 0 Å². The molecule has 3 atom stereocenters. The molecule has 3 aliphatic heterocycles. The third-order valence-corrected chi connectivity index (χ3v) is 14.4. The maximum absolute atomic E-state index is 14.2. The zero-order valence-corrected chi connectivity index (χ0v) is 48.5. The smallest absolute Gasteiger partial charge is 0.416 e. The van der Waals surface area contributed by atoms with Crippen molar-refractivity contribution in [2.24, 2.45) is 28.2 Å². The van der Waals surface area contributed by atoms with E-state index in [1.54, 1.807) is 79.1 Å². The number of benzene rings is 1. The molecule has 7 N–H and O–H groups in total. The van der Waals surface area contributed by atoms with Crippen LogP contribution in [0.25, 0.3) is 0 Å². The van der Waals surface area contributed by atoms with Gasteiger partial charge >= 0.3 is 6.09 Å². The van der Waals surface area contributed by atoms with E-state index in [1.807, 2.05) is 0 Å². The van der Waals surface area contributed by atoms with E-state index < -0.39 is 48.3 Å². The monoisotopic (exact) mass is 1180 g/mol. The Hall–Kier alpha value is -9.37. The molecule has 5 aromatic rings. The minimum absolute atomic E-state index is 0.0255. The first-order chi connectivity index (χ1) is 40.8. The summed E-state index contributed by atoms with van der Waals surface area (Å²) >= 11 is 0. The van der Waals surface area contributed by atoms with Crippen LogP contribution in [-0.2, 0) is 56.8 Å². The third kappa shape index (κ3) is 15.4. The van der Waals surface area contributed by atoms with Crippen molar-refractivity contribution in [3.63, 3.8) is 0 Å². The van der Waals surface area contributed by atoms with Crippen molar-refractivity contribution in [3.8, 4) is 11.5 Å². The number of nitrogens with zero attached hydrogens (tertiary/aromatic N) is 6. The average Bonchev–Trinajstić information content (AvgIpc) is 2.07. The Morgan fingerprint density at radius 1 is 0.647 bits per heavy atom. The number of methoxy groups -OCH3 is 1. The van der Waals surface area contributed by atoms with Crippen LogP contribution in [0.4, 0.5) is 33.2 Å². The predicted octanol–water partition coefficient (Wildman–Crippen LogP) is 4.98. The standard InChI is InChI=1S/C58H73N13O14/c1-8-22-84-58(80)71-42-30-48(47(81-7)29-40(42)56(79)70-21-11-14-41(70)57(71)85-51-16-9-10-23-83-51)82-24-12-15-49(73)62-36-25-45(68(5)31-36)54(77)65-39-28-44(67(4)34-39)53(76)61-20-17-50(74)63-37-26-46(69(6)32-37)55(78)64-38-27-43(66(3)33-38)52(75)60-19-13-18-59-35(2)72/h8,25-34,41,51,57H,1,9-24H2,2-7H3,(H,59,72)(H,60,75)(H,61,76)(H,62,73)(H,63,74)(H,64,78)(H,65,77)/t41-,51?,57-/m0/s1. The zero-order chi connectivity index (χ0) is 60.9. The van der Waals surface area contributed by atoms with Crippen molar-refractivity contribution in [2.45, 2.75) is 83.3 Å². The van der Waals surface area contributed by atoms with Gasteiger partial charge in [0, 0.05) is 112 Å². The molecular weight excluding hydrogens is 1100 g/mol. The fourth-order valence-corrected chi connectivity index (χ4v) is 10.2. The number of aryl methyl sites for hydroxylation is 4. The van der Waals surface area contributed by atoms with E-state index in [0.29, 0.717) is 73.9 Å². The normalized spacial score (nSPS) is 16.3. The molecular formula is C58H73N13O14. The number of hydrogen-bond donors (Lipinski definition) is 7. The van der Waals surface area contributed by atoms with E-state index in [-0.39, 0.29) is 102 Å². The summed E-state index contributed by atoms with van der Waals surface area (Å²) in [6.07, 6.45) is 9.95. The summed E-state index contributed by atoms with van der Waals surface area (Å²) in [5.74, 6) is -2.60. The van der Waals surface area contributed by atoms with Gasteiger partial charge in [-0.25, -0.2) is 9.69 Å². The second-order valence-electron chi connectivity index (χ2n) is 20.7. The lowest BCUT2D eigenvalue weighted by molar-refractivity contribution is -0.195. The molecule has 27 heteroatoms. The van der Waals surface area contributed by atoms with Gasteiger partial charge in [-0.05, 0) is 75.3 Å². The lowest BCUT2D eigenvalue weighted by atomic mass is 10.1. The topological polar surface area (TPSA) is 310 Å². The lowest BCUT2D eigenvalue weighted by Crippen LogP contribution is -2.54. The number of amides is 9. The number of carbonyl (C=O) groups is 9. The van der Waals surface area contributed by atoms with Gasteiger partial charge in [-0.3, -0.25) is 38.4 Å². The third-order valence-electron chi connectivity index (χ3n) is 14.4. The van der Waals surface area contributed by atoms with Crippen LogP contribution in [0.2, 0.25) is 0 Å². The Bertz CT molecular complexity index is 3330. The highest BCUT2D eigenvalue weighted by molar-refractivity contribution is 6.08. The number of rotatable bonds is 25. The van der Waals surface area contributed by atoms with Gasteiger partial charge in [-0.15, -0.1) is 0 Å². The van der Waals surface area contributed by atoms with E-state index in [1.165, 1.54) is 58.4 Å². The van der Waals surface area contributed by atoms with Gasteiger partial charge in [-0.2, -0.15) is 0 Å². The molecule has 454 valence electrons. The van der Waals surface area contributed by atoms with Crippen LogP contribution in [0.3, 0.4) is 0 Å². The van der Waals surface area contributed by atoms with Crippen molar-refractivity contribution in [1.82, 2.24) is 39.1 Å². The zero-order valence-electron chi connectivity index (χ0n) is 48.5. The first kappa shape index (κ1) is 61.7. The highest BCUT2D eigenvalue weighted by Crippen LogP contribution is 2.43. The van der Waals surface area contributed by atoms with Gasteiger partial charge in [0.15, 0.2) is 24.0 Å². The van der Waals surface area contributed by atoms with Crippen molar-refractivity contribution in [3.05, 3.63) is 102 Å². The first-order valence-corrected chi connectivity index (χ1v) is 28.0. The molecule has 2 fully saturated rings. The lowest BCUT2D eigenvalue weighted by Gasteiger charge is -2.38. The number of fused-ring (bicyclic) bond motifs is 2. The van der Waals surface area contributed by atoms with E-state index in [2.05, 4.69) is 43.8 Å². The first-order valence-electron chi connectivity index (χ1n) is 28.0. The van der Waals surface area contributed by atoms with Crippen molar-refractivity contribution in [2.75, 3.05) is 79.3 Å². The van der Waals surface area contributed by atoms with Gasteiger partial charge in [-0.1, -0.05) is 12.7 Å². The van der Waals surface area contributed by atoms with E-state index in [4.69, 9.17) is 23.7 Å². The summed E-state index contributed by atoms with van der Waals surface area (Å²) in [5, 5.41) is 19.3. The molecule has 27 nitrogen and oxygen atoms in total. The van der Waals surface area contributed by atoms with Crippen molar-refractivity contribution < 1.29 is 66.8 Å². The van der Waals surface area contributed by atoms with E-state index in [0.717, 1.165) is 19.3 Å². The van der Waals surface area contributed by atoms with Crippen LogP contribution >= 0.6 is 0 Å². The number of nitrogens with one attached hydrogen (secondary N) is 7. The summed E-state index contributed by atoms with van der Waals surface area (Å²) in [7, 11) is 8.02. The Balaban J connectivity index is 0.790. The van der Waals surface area contributed by atoms with Crippen molar-refractivity contribution >= 4 is 81.8 Å². The fourth-order valence-electron chi connectivity index (χ4n) is 10.2. The second kappa shape index (κ2) is 28.3. The fraction of sp³-hybridized carbons (Fsp3) is 0.431. The Labute approximate surface area is 490 Å². The molecule has 8 rings (SSSR count). The second-order valence-corrected chi connectivity index (χ2v) is 20.7. The number of anilines is 5. The van der Waals surface area contributed by atoms with Gasteiger partial charge in [0.25, 0.3) is 29.5 Å². The molecule has 3 aliphatic rings. The molecule has 1 unspecified atom stereocenters. The van der Waals surface area contributed by atoms with E-state index >= 15 is 0 Å². The van der Waals surface area contributed by atoms with Gasteiger partial charge in [0.2, 0.25) is 17.7 Å². The number of carbonyl (C=O) groups excluding carboxylic acids is 9. The summed E-state index contributed by atoms with van der Waals surface area (Å²) in [5.41, 5.74) is 2.79. The number of ether oxygens (including phenoxy) is 5. The highest BCUT2D eigenvalue weighted by atomic mass is 16.7. The molecule has 2 saturated heterocycles. The Morgan fingerprint density at radius 3 is 1.75 bits per heavy atom. The van der Waals surface area contributed by atoms with Crippen LogP contribution in [0.15, 0.2) is 73.8 Å². The molecule has 9 amide bonds. The van der Waals surface area contributed by atoms with Crippen LogP contribution in [-0.4, -0.2) is 148 Å². The summed E-state index contributed by atoms with van der Waals surface area (Å²) in [4.78, 5) is 121. The molecule has 0 bridgehead atoms. The van der Waals surface area contributed by atoms with Crippen LogP contribution in [0, 0.1) is 0 Å². The molecule has 85 heavy (non-hydrogen) atoms. The maximum Gasteiger partial charge on any atom is 0.416 e. The van der Waals surface area contributed by atoms with Gasteiger partial charge < -0.3 is 84.1 Å². The SMILES string of the molecule is C=CCOC(=O)N1c2cc(OCCCC(=O)Nc3cc(C(=O)Nc4cc(C(=O)NCCC(=O)Nc5cc(C(=O)Nc6cc(C(=O)NCCCNC(C)=O)n(C)c6)n(C)c5)n(C)c4)n(C)c3)c(OC)cc2C(=O)N2CCC[C@H]2[C@@H]1OC1CCCCO1. The van der Waals surface area contributed by atoms with Crippen LogP contribution in [0.5, 0.6) is 11.5 Å². The predicted molar refractivity (Wildman–Crippen MR) is 312 cm³/mol. The molecule has 1 aromatic carbocycles. The molecule has 0 saturated carbocycles. The molecule has 7 heterocycles. The van der Waals surface area contributed by atoms with Crippen LogP contribution < -0.4 is 51.6 Å². The summed E-state index contributed by atoms with van der Waals surface area (Å²) in [6, 6.07) is 8.65. The van der Waals surface area contributed by atoms with Crippen LogP contribution in [0.1, 0.15) is 117 Å². The quantitative estimate of drug-likeness (QED) is 0.0300. The number of hydrogen-bond acceptors (Lipinski definition) is 14. The highest BCUT2D eigenvalue weighted by Gasteiger charge is 2.48. The molecule has 0 radical (unpaired) electrons. The van der Waals surface area contributed by atoms with Gasteiger partial charge in [0.1, 0.15) is 29.4 Å². The largest absolute Gasteiger partial charge is 0.493 e. The van der Waals surface area contributed by atoms with E-state index in [9.17, 15) is 43.2 Å². The summed E-state index contributed by atoms with van der Waals surface area (Å²) < 4.78 is 36.1. The average molecular weight is 1180 g/mol. The molecule has 0 spiro atoms. The number of aromatic nitrogens is 4. The Morgan fingerprint density at radius 2 is 1.20 bits per heavy atom. The molecule has 4 aromatic heterocycles. The molecule has 0 aliphatic carbocycles. The minimum Gasteiger partial charge on any atom is -0.493 e. The minimum atomic E-state index is -0.928.